The van der Waals surface area contributed by atoms with Crippen molar-refractivity contribution >= 4 is 17.4 Å². The third-order valence-corrected chi connectivity index (χ3v) is 2.28. The van der Waals surface area contributed by atoms with Gasteiger partial charge in [-0.2, -0.15) is 0 Å². The molecule has 0 aliphatic rings. The summed E-state index contributed by atoms with van der Waals surface area (Å²) in [5.41, 5.74) is 11.6. The molecule has 5 heteroatoms. The lowest BCUT2D eigenvalue weighted by Crippen LogP contribution is -2.21. The summed E-state index contributed by atoms with van der Waals surface area (Å²) in [6.07, 6.45) is 3.58. The molecule has 0 radical (unpaired) electrons. The largest absolute Gasteiger partial charge is 0.397 e. The number of rotatable bonds is 5. The van der Waals surface area contributed by atoms with E-state index in [9.17, 15) is 4.79 Å². The van der Waals surface area contributed by atoms with Crippen molar-refractivity contribution in [3.05, 3.63) is 17.8 Å². The summed E-state index contributed by atoms with van der Waals surface area (Å²) in [5.74, 6) is -0.0198. The van der Waals surface area contributed by atoms with Gasteiger partial charge in [-0.05, 0) is 19.4 Å². The van der Waals surface area contributed by atoms with E-state index in [4.69, 9.17) is 11.5 Å². The zero-order chi connectivity index (χ0) is 12.1. The number of nitrogens with two attached hydrogens (primary N) is 2. The van der Waals surface area contributed by atoms with Gasteiger partial charge in [0.2, 0.25) is 0 Å². The van der Waals surface area contributed by atoms with E-state index in [-0.39, 0.29) is 6.04 Å². The molecule has 0 spiro atoms. The summed E-state index contributed by atoms with van der Waals surface area (Å²) < 4.78 is 0. The highest BCUT2D eigenvalue weighted by Gasteiger charge is 2.11. The molecule has 0 saturated carbocycles. The number of aromatic nitrogens is 1. The molecular weight excluding hydrogens is 204 g/mol. The minimum atomic E-state index is -0.522. The van der Waals surface area contributed by atoms with Crippen molar-refractivity contribution in [1.82, 2.24) is 4.98 Å². The maximum Gasteiger partial charge on any atom is 0.252 e. The summed E-state index contributed by atoms with van der Waals surface area (Å²) in [4.78, 5) is 15.3. The normalized spacial score (nSPS) is 12.1. The van der Waals surface area contributed by atoms with Gasteiger partial charge in [-0.1, -0.05) is 13.3 Å². The van der Waals surface area contributed by atoms with Crippen LogP contribution in [-0.2, 0) is 0 Å². The summed E-state index contributed by atoms with van der Waals surface area (Å²) in [7, 11) is 0. The molecule has 1 rings (SSSR count). The van der Waals surface area contributed by atoms with Crippen LogP contribution in [0.2, 0.25) is 0 Å². The van der Waals surface area contributed by atoms with Gasteiger partial charge in [0.25, 0.3) is 5.91 Å². The zero-order valence-electron chi connectivity index (χ0n) is 9.66. The number of nitrogen functional groups attached to an aromatic ring is 1. The maximum absolute atomic E-state index is 11.2. The van der Waals surface area contributed by atoms with Crippen molar-refractivity contribution in [3.8, 4) is 0 Å². The second kappa shape index (κ2) is 5.34. The van der Waals surface area contributed by atoms with Crippen LogP contribution in [0.25, 0.3) is 0 Å². The van der Waals surface area contributed by atoms with Crippen LogP contribution in [0.3, 0.4) is 0 Å². The minimum Gasteiger partial charge on any atom is -0.397 e. The van der Waals surface area contributed by atoms with E-state index in [0.29, 0.717) is 17.1 Å². The van der Waals surface area contributed by atoms with Crippen molar-refractivity contribution in [2.75, 3.05) is 11.1 Å². The second-order valence-electron chi connectivity index (χ2n) is 3.86. The van der Waals surface area contributed by atoms with Gasteiger partial charge in [-0.25, -0.2) is 4.98 Å². The predicted octanol–water partition coefficient (Wildman–Crippen LogP) is 1.36. The molecule has 5 nitrogen and oxygen atoms in total. The quantitative estimate of drug-likeness (QED) is 0.701. The molecule has 1 aromatic heterocycles. The van der Waals surface area contributed by atoms with Gasteiger partial charge < -0.3 is 16.8 Å². The molecule has 1 heterocycles. The number of hydrogen-bond acceptors (Lipinski definition) is 4. The van der Waals surface area contributed by atoms with Gasteiger partial charge >= 0.3 is 0 Å². The Morgan fingerprint density at radius 1 is 1.62 bits per heavy atom. The fraction of sp³-hybridized carbons (Fsp3) is 0.455. The predicted molar refractivity (Wildman–Crippen MR) is 65.2 cm³/mol. The first-order valence-electron chi connectivity index (χ1n) is 5.36. The Labute approximate surface area is 95.2 Å². The van der Waals surface area contributed by atoms with E-state index in [1.165, 1.54) is 12.3 Å². The summed E-state index contributed by atoms with van der Waals surface area (Å²) >= 11 is 0. The maximum atomic E-state index is 11.2. The first kappa shape index (κ1) is 12.3. The third-order valence-electron chi connectivity index (χ3n) is 2.28. The number of primary amides is 1. The molecule has 0 bridgehead atoms. The summed E-state index contributed by atoms with van der Waals surface area (Å²) in [6.45, 7) is 4.13. The molecule has 1 unspecified atom stereocenters. The standard InChI is InChI=1S/C11H18N4O/c1-3-4-7(2)15-11-9(10(13)16)5-8(12)6-14-11/h5-7H,3-4,12H2,1-2H3,(H2,13,16)(H,14,15). The Morgan fingerprint density at radius 3 is 2.88 bits per heavy atom. The van der Waals surface area contributed by atoms with Gasteiger partial charge in [0.1, 0.15) is 5.82 Å². The molecule has 1 aromatic rings. The average molecular weight is 222 g/mol. The van der Waals surface area contributed by atoms with Crippen molar-refractivity contribution in [2.45, 2.75) is 32.7 Å². The number of nitrogens with zero attached hydrogens (tertiary/aromatic N) is 1. The van der Waals surface area contributed by atoms with Crippen LogP contribution < -0.4 is 16.8 Å². The van der Waals surface area contributed by atoms with E-state index in [1.54, 1.807) is 0 Å². The van der Waals surface area contributed by atoms with Crippen LogP contribution in [0.4, 0.5) is 11.5 Å². The van der Waals surface area contributed by atoms with E-state index < -0.39 is 5.91 Å². The summed E-state index contributed by atoms with van der Waals surface area (Å²) in [6, 6.07) is 1.79. The minimum absolute atomic E-state index is 0.249. The highest BCUT2D eigenvalue weighted by atomic mass is 16.1. The lowest BCUT2D eigenvalue weighted by Gasteiger charge is -2.15. The number of pyridine rings is 1. The summed E-state index contributed by atoms with van der Waals surface area (Å²) in [5, 5.41) is 3.15. The second-order valence-corrected chi connectivity index (χ2v) is 3.86. The first-order valence-corrected chi connectivity index (χ1v) is 5.36. The lowest BCUT2D eigenvalue weighted by atomic mass is 10.1. The fourth-order valence-electron chi connectivity index (χ4n) is 1.52. The molecule has 0 saturated heterocycles. The lowest BCUT2D eigenvalue weighted by molar-refractivity contribution is 0.100. The van der Waals surface area contributed by atoms with Crippen LogP contribution in [0.1, 0.15) is 37.0 Å². The van der Waals surface area contributed by atoms with E-state index in [1.807, 2.05) is 6.92 Å². The Hall–Kier alpha value is -1.78. The Balaban J connectivity index is 2.90. The van der Waals surface area contributed by atoms with Crippen LogP contribution in [0.5, 0.6) is 0 Å². The van der Waals surface area contributed by atoms with Crippen LogP contribution in [0.15, 0.2) is 12.3 Å². The number of amides is 1. The smallest absolute Gasteiger partial charge is 0.252 e. The molecule has 0 aliphatic heterocycles. The highest BCUT2D eigenvalue weighted by molar-refractivity contribution is 5.98. The molecular formula is C11H18N4O. The van der Waals surface area contributed by atoms with Gasteiger partial charge in [-0.15, -0.1) is 0 Å². The van der Waals surface area contributed by atoms with E-state index in [2.05, 4.69) is 17.2 Å². The Bertz CT molecular complexity index is 378. The SMILES string of the molecule is CCCC(C)Nc1ncc(N)cc1C(N)=O. The van der Waals surface area contributed by atoms with Gasteiger partial charge in [-0.3, -0.25) is 4.79 Å². The Kier molecular flexibility index (Phi) is 4.10. The van der Waals surface area contributed by atoms with Gasteiger partial charge in [0.15, 0.2) is 0 Å². The van der Waals surface area contributed by atoms with Crippen LogP contribution in [-0.4, -0.2) is 16.9 Å². The van der Waals surface area contributed by atoms with Crippen molar-refractivity contribution in [3.63, 3.8) is 0 Å². The van der Waals surface area contributed by atoms with Crippen molar-refractivity contribution in [1.29, 1.82) is 0 Å². The Morgan fingerprint density at radius 2 is 2.31 bits per heavy atom. The molecule has 16 heavy (non-hydrogen) atoms. The number of nitrogens with one attached hydrogen (secondary N) is 1. The fourth-order valence-corrected chi connectivity index (χ4v) is 1.52. The molecule has 0 aromatic carbocycles. The van der Waals surface area contributed by atoms with Crippen molar-refractivity contribution in [2.24, 2.45) is 5.73 Å². The topological polar surface area (TPSA) is 94.0 Å². The molecule has 0 aliphatic carbocycles. The van der Waals surface area contributed by atoms with Crippen LogP contribution >= 0.6 is 0 Å². The highest BCUT2D eigenvalue weighted by Crippen LogP contribution is 2.16. The van der Waals surface area contributed by atoms with Gasteiger partial charge in [0.05, 0.1) is 17.4 Å². The monoisotopic (exact) mass is 222 g/mol. The number of carbonyl (C=O) groups excluding carboxylic acids is 1. The van der Waals surface area contributed by atoms with E-state index in [0.717, 1.165) is 12.8 Å². The molecule has 0 fully saturated rings. The van der Waals surface area contributed by atoms with E-state index >= 15 is 0 Å². The molecule has 1 atom stereocenters. The third kappa shape index (κ3) is 3.12. The number of carbonyl (C=O) groups is 1. The number of anilines is 2. The number of hydrogen-bond donors (Lipinski definition) is 3. The average Bonchev–Trinajstić information content (AvgIpc) is 2.20. The molecule has 1 amide bonds. The van der Waals surface area contributed by atoms with Crippen molar-refractivity contribution < 1.29 is 4.79 Å². The zero-order valence-corrected chi connectivity index (χ0v) is 9.66. The van der Waals surface area contributed by atoms with Gasteiger partial charge in [0, 0.05) is 6.04 Å². The first-order chi connectivity index (χ1) is 7.54. The molecule has 88 valence electrons. The van der Waals surface area contributed by atoms with Crippen LogP contribution in [0, 0.1) is 0 Å². The molecule has 5 N–H and O–H groups in total.